The van der Waals surface area contributed by atoms with Gasteiger partial charge in [0.25, 0.3) is 0 Å². The van der Waals surface area contributed by atoms with Gasteiger partial charge in [-0.2, -0.15) is 0 Å². The van der Waals surface area contributed by atoms with Crippen molar-refractivity contribution in [3.05, 3.63) is 0 Å². The smallest absolute Gasteiger partial charge is 0.0246 e. The second-order valence-electron chi connectivity index (χ2n) is 5.38. The van der Waals surface area contributed by atoms with Gasteiger partial charge in [0.1, 0.15) is 0 Å². The SMILES string of the molecule is CCC(C)C1CNCCN1CCC(C)C. The van der Waals surface area contributed by atoms with Crippen molar-refractivity contribution in [2.24, 2.45) is 11.8 Å². The van der Waals surface area contributed by atoms with Gasteiger partial charge in [-0.15, -0.1) is 0 Å². The van der Waals surface area contributed by atoms with Crippen LogP contribution in [0.3, 0.4) is 0 Å². The van der Waals surface area contributed by atoms with Crippen LogP contribution in [0.1, 0.15) is 40.5 Å². The summed E-state index contributed by atoms with van der Waals surface area (Å²) in [6.45, 7) is 14.2. The van der Waals surface area contributed by atoms with Crippen LogP contribution in [0.25, 0.3) is 0 Å². The van der Waals surface area contributed by atoms with E-state index < -0.39 is 0 Å². The lowest BCUT2D eigenvalue weighted by Gasteiger charge is -2.39. The van der Waals surface area contributed by atoms with Crippen LogP contribution in [0.15, 0.2) is 0 Å². The second kappa shape index (κ2) is 6.49. The van der Waals surface area contributed by atoms with E-state index in [0.29, 0.717) is 0 Å². The van der Waals surface area contributed by atoms with Crippen LogP contribution in [0.2, 0.25) is 0 Å². The molecule has 1 rings (SSSR count). The third-order valence-corrected chi connectivity index (χ3v) is 3.69. The molecule has 1 aliphatic heterocycles. The zero-order chi connectivity index (χ0) is 11.3. The maximum absolute atomic E-state index is 3.53. The summed E-state index contributed by atoms with van der Waals surface area (Å²) in [6.07, 6.45) is 2.64. The Hall–Kier alpha value is -0.0800. The fourth-order valence-electron chi connectivity index (χ4n) is 2.30. The fourth-order valence-corrected chi connectivity index (χ4v) is 2.30. The molecule has 0 bridgehead atoms. The van der Waals surface area contributed by atoms with Gasteiger partial charge >= 0.3 is 0 Å². The third-order valence-electron chi connectivity index (χ3n) is 3.69. The first-order valence-electron chi connectivity index (χ1n) is 6.59. The Labute approximate surface area is 95.4 Å². The van der Waals surface area contributed by atoms with E-state index in [1.54, 1.807) is 0 Å². The average molecular weight is 212 g/mol. The molecule has 2 heteroatoms. The monoisotopic (exact) mass is 212 g/mol. The highest BCUT2D eigenvalue weighted by Crippen LogP contribution is 2.17. The summed E-state index contributed by atoms with van der Waals surface area (Å²) in [6, 6.07) is 0.766. The minimum Gasteiger partial charge on any atom is -0.314 e. The van der Waals surface area contributed by atoms with Crippen LogP contribution in [-0.4, -0.2) is 37.1 Å². The van der Waals surface area contributed by atoms with Crippen molar-refractivity contribution in [3.8, 4) is 0 Å². The molecule has 90 valence electrons. The largest absolute Gasteiger partial charge is 0.314 e. The van der Waals surface area contributed by atoms with Crippen LogP contribution in [-0.2, 0) is 0 Å². The Morgan fingerprint density at radius 2 is 2.07 bits per heavy atom. The molecule has 2 unspecified atom stereocenters. The molecule has 1 fully saturated rings. The molecular formula is C13H28N2. The minimum absolute atomic E-state index is 0.766. The molecule has 1 saturated heterocycles. The summed E-state index contributed by atoms with van der Waals surface area (Å²) in [7, 11) is 0. The number of nitrogens with zero attached hydrogens (tertiary/aromatic N) is 1. The number of piperazine rings is 1. The van der Waals surface area contributed by atoms with E-state index in [9.17, 15) is 0 Å². The van der Waals surface area contributed by atoms with Gasteiger partial charge in [-0.1, -0.05) is 34.1 Å². The van der Waals surface area contributed by atoms with Crippen molar-refractivity contribution in [2.45, 2.75) is 46.6 Å². The molecule has 2 nitrogen and oxygen atoms in total. The molecule has 0 aromatic carbocycles. The Kier molecular flexibility index (Phi) is 5.62. The molecule has 0 saturated carbocycles. The normalized spacial score (nSPS) is 25.8. The molecule has 0 radical (unpaired) electrons. The van der Waals surface area contributed by atoms with Gasteiger partial charge in [-0.3, -0.25) is 4.90 Å². The van der Waals surface area contributed by atoms with Crippen LogP contribution in [0.5, 0.6) is 0 Å². The van der Waals surface area contributed by atoms with Crippen LogP contribution < -0.4 is 5.32 Å². The zero-order valence-electron chi connectivity index (χ0n) is 10.9. The Bertz CT molecular complexity index is 168. The number of rotatable bonds is 5. The van der Waals surface area contributed by atoms with Gasteiger partial charge in [-0.25, -0.2) is 0 Å². The summed E-state index contributed by atoms with van der Waals surface area (Å²) < 4.78 is 0. The van der Waals surface area contributed by atoms with Crippen molar-refractivity contribution < 1.29 is 0 Å². The lowest BCUT2D eigenvalue weighted by Crippen LogP contribution is -2.54. The maximum Gasteiger partial charge on any atom is 0.0246 e. The zero-order valence-corrected chi connectivity index (χ0v) is 10.9. The molecule has 1 heterocycles. The lowest BCUT2D eigenvalue weighted by molar-refractivity contribution is 0.111. The highest BCUT2D eigenvalue weighted by atomic mass is 15.2. The van der Waals surface area contributed by atoms with Crippen molar-refractivity contribution in [1.82, 2.24) is 10.2 Å². The highest BCUT2D eigenvalue weighted by molar-refractivity contribution is 4.83. The first kappa shape index (κ1) is 13.0. The molecular weight excluding hydrogens is 184 g/mol. The molecule has 1 N–H and O–H groups in total. The Morgan fingerprint density at radius 3 is 2.67 bits per heavy atom. The van der Waals surface area contributed by atoms with E-state index in [1.807, 2.05) is 0 Å². The number of hydrogen-bond donors (Lipinski definition) is 1. The second-order valence-corrected chi connectivity index (χ2v) is 5.38. The Balaban J connectivity index is 2.42. The quantitative estimate of drug-likeness (QED) is 0.752. The van der Waals surface area contributed by atoms with E-state index in [-0.39, 0.29) is 0 Å². The van der Waals surface area contributed by atoms with Gasteiger partial charge in [0.05, 0.1) is 0 Å². The predicted octanol–water partition coefficient (Wildman–Crippen LogP) is 2.35. The molecule has 0 spiro atoms. The molecule has 1 aliphatic rings. The summed E-state index contributed by atoms with van der Waals surface area (Å²) in [4.78, 5) is 2.70. The summed E-state index contributed by atoms with van der Waals surface area (Å²) in [5, 5.41) is 3.53. The molecule has 0 amide bonds. The summed E-state index contributed by atoms with van der Waals surface area (Å²) in [5.74, 6) is 1.66. The third kappa shape index (κ3) is 4.12. The van der Waals surface area contributed by atoms with E-state index >= 15 is 0 Å². The van der Waals surface area contributed by atoms with Gasteiger partial charge in [0.15, 0.2) is 0 Å². The van der Waals surface area contributed by atoms with Crippen molar-refractivity contribution in [1.29, 1.82) is 0 Å². The maximum atomic E-state index is 3.53. The molecule has 0 aliphatic carbocycles. The first-order chi connectivity index (χ1) is 7.15. The van der Waals surface area contributed by atoms with E-state index in [4.69, 9.17) is 0 Å². The summed E-state index contributed by atoms with van der Waals surface area (Å²) in [5.41, 5.74) is 0. The highest BCUT2D eigenvalue weighted by Gasteiger charge is 2.25. The van der Waals surface area contributed by atoms with Crippen LogP contribution >= 0.6 is 0 Å². The lowest BCUT2D eigenvalue weighted by atomic mass is 9.95. The number of nitrogens with one attached hydrogen (secondary N) is 1. The Morgan fingerprint density at radius 1 is 1.33 bits per heavy atom. The van der Waals surface area contributed by atoms with Gasteiger partial charge in [-0.05, 0) is 24.8 Å². The fraction of sp³-hybridized carbons (Fsp3) is 1.00. The molecule has 2 atom stereocenters. The predicted molar refractivity (Wildman–Crippen MR) is 67.1 cm³/mol. The standard InChI is InChI=1S/C13H28N2/c1-5-12(4)13-10-14-7-9-15(13)8-6-11(2)3/h11-14H,5-10H2,1-4H3. The van der Waals surface area contributed by atoms with Crippen LogP contribution in [0, 0.1) is 11.8 Å². The van der Waals surface area contributed by atoms with Crippen molar-refractivity contribution in [2.75, 3.05) is 26.2 Å². The van der Waals surface area contributed by atoms with E-state index in [2.05, 4.69) is 37.9 Å². The van der Waals surface area contributed by atoms with Crippen molar-refractivity contribution in [3.63, 3.8) is 0 Å². The topological polar surface area (TPSA) is 15.3 Å². The summed E-state index contributed by atoms with van der Waals surface area (Å²) >= 11 is 0. The van der Waals surface area contributed by atoms with E-state index in [1.165, 1.54) is 39.0 Å². The first-order valence-corrected chi connectivity index (χ1v) is 6.59. The van der Waals surface area contributed by atoms with Crippen molar-refractivity contribution >= 4 is 0 Å². The van der Waals surface area contributed by atoms with E-state index in [0.717, 1.165) is 17.9 Å². The van der Waals surface area contributed by atoms with Gasteiger partial charge < -0.3 is 5.32 Å². The minimum atomic E-state index is 0.766. The van der Waals surface area contributed by atoms with Crippen LogP contribution in [0.4, 0.5) is 0 Å². The van der Waals surface area contributed by atoms with Gasteiger partial charge in [0, 0.05) is 25.7 Å². The molecule has 15 heavy (non-hydrogen) atoms. The molecule has 0 aromatic heterocycles. The average Bonchev–Trinajstić information content (AvgIpc) is 2.25. The molecule has 0 aromatic rings. The number of hydrogen-bond acceptors (Lipinski definition) is 2. The van der Waals surface area contributed by atoms with Gasteiger partial charge in [0.2, 0.25) is 0 Å².